The van der Waals surface area contributed by atoms with Crippen molar-refractivity contribution >= 4 is 100 Å². The lowest BCUT2D eigenvalue weighted by Crippen LogP contribution is -2.47. The van der Waals surface area contributed by atoms with Crippen LogP contribution in [-0.2, 0) is 41.7 Å². The van der Waals surface area contributed by atoms with Crippen LogP contribution in [0.5, 0.6) is 6.01 Å². The zero-order valence-corrected chi connectivity index (χ0v) is 54.9. The van der Waals surface area contributed by atoms with Crippen molar-refractivity contribution in [1.82, 2.24) is 59.3 Å². The normalized spacial score (nSPS) is 21.9. The summed E-state index contributed by atoms with van der Waals surface area (Å²) < 4.78 is 20.0. The van der Waals surface area contributed by atoms with Gasteiger partial charge in [-0.05, 0) is 166 Å². The topological polar surface area (TPSA) is 294 Å². The molecule has 0 bridgehead atoms. The first-order valence-electron chi connectivity index (χ1n) is 30.1. The van der Waals surface area contributed by atoms with Gasteiger partial charge in [-0.15, -0.1) is 0 Å². The van der Waals surface area contributed by atoms with Crippen LogP contribution in [0.3, 0.4) is 0 Å². The molecule has 472 valence electrons. The molecular formula is C65H68Br2N14O10. The molecule has 4 aliphatic heterocycles. The summed E-state index contributed by atoms with van der Waals surface area (Å²) in [6.07, 6.45) is 9.18. The Morgan fingerprint density at radius 3 is 1.45 bits per heavy atom. The van der Waals surface area contributed by atoms with Crippen molar-refractivity contribution in [3.63, 3.8) is 0 Å². The highest BCUT2D eigenvalue weighted by molar-refractivity contribution is 9.10. The quantitative estimate of drug-likeness (QED) is 0.0677. The zero-order chi connectivity index (χ0) is 64.5. The number of benzene rings is 2. The summed E-state index contributed by atoms with van der Waals surface area (Å²) in [5.74, 6) is 0.325. The molecule has 4 amide bonds. The molecule has 6 fully saturated rings. The van der Waals surface area contributed by atoms with Crippen LogP contribution in [0.2, 0.25) is 0 Å². The molecule has 0 unspecified atom stereocenters. The first kappa shape index (κ1) is 62.7. The van der Waals surface area contributed by atoms with Crippen molar-refractivity contribution in [2.45, 2.75) is 131 Å². The van der Waals surface area contributed by atoms with Gasteiger partial charge in [-0.1, -0.05) is 32.9 Å². The van der Waals surface area contributed by atoms with Gasteiger partial charge in [0.25, 0.3) is 0 Å². The third-order valence-corrected chi connectivity index (χ3v) is 18.9. The molecular weight excluding hydrogens is 1300 g/mol. The molecule has 6 aromatic heterocycles. The number of hydrogen-bond acceptors (Lipinski definition) is 17. The minimum Gasteiger partial charge on any atom is -0.455 e. The molecule has 4 saturated heterocycles. The van der Waals surface area contributed by atoms with Crippen molar-refractivity contribution in [2.75, 3.05) is 37.1 Å². The predicted molar refractivity (Wildman–Crippen MR) is 343 cm³/mol. The monoisotopic (exact) mass is 1360 g/mol. The van der Waals surface area contributed by atoms with E-state index in [1.54, 1.807) is 43.8 Å². The van der Waals surface area contributed by atoms with Gasteiger partial charge in [-0.2, -0.15) is 10.2 Å². The van der Waals surface area contributed by atoms with Gasteiger partial charge >= 0.3 is 11.7 Å². The van der Waals surface area contributed by atoms with Crippen molar-refractivity contribution in [3.8, 4) is 28.3 Å². The second kappa shape index (κ2) is 24.6. The zero-order valence-electron chi connectivity index (χ0n) is 51.7. The van der Waals surface area contributed by atoms with Gasteiger partial charge < -0.3 is 39.6 Å². The number of pyridine rings is 2. The molecule has 3 N–H and O–H groups in total. The number of nitrogens with zero attached hydrogens (tertiary/aromatic N) is 11. The van der Waals surface area contributed by atoms with Gasteiger partial charge in [0.05, 0.1) is 37.5 Å². The van der Waals surface area contributed by atoms with E-state index in [1.807, 2.05) is 70.2 Å². The number of fused-ring (bicyclic) bond motifs is 4. The fourth-order valence-electron chi connectivity index (χ4n) is 12.8. The Bertz CT molecular complexity index is 4330. The molecule has 0 radical (unpaired) electrons. The van der Waals surface area contributed by atoms with E-state index in [0.717, 1.165) is 70.9 Å². The van der Waals surface area contributed by atoms with Crippen LogP contribution in [0.15, 0.2) is 87.3 Å². The molecule has 2 saturated carbocycles. The van der Waals surface area contributed by atoms with Crippen LogP contribution in [0, 0.1) is 44.4 Å². The van der Waals surface area contributed by atoms with E-state index in [9.17, 15) is 33.6 Å². The fraction of sp³-hybridized carbons (Fsp3) is 0.415. The summed E-state index contributed by atoms with van der Waals surface area (Å²) in [5.41, 5.74) is 7.51. The molecule has 14 rings (SSSR count). The van der Waals surface area contributed by atoms with Crippen LogP contribution in [0.1, 0.15) is 104 Å². The Morgan fingerprint density at radius 1 is 0.615 bits per heavy atom. The molecule has 6 atom stereocenters. The highest BCUT2D eigenvalue weighted by Crippen LogP contribution is 2.60. The molecule has 24 nitrogen and oxygen atoms in total. The maximum absolute atomic E-state index is 14.0. The highest BCUT2D eigenvalue weighted by atomic mass is 79.9. The average molecular weight is 1370 g/mol. The number of aromatic amines is 1. The van der Waals surface area contributed by atoms with Crippen molar-refractivity contribution in [1.29, 1.82) is 0 Å². The number of ketones is 2. The second-order valence-corrected chi connectivity index (χ2v) is 27.0. The number of H-pyrrole nitrogens is 1. The number of rotatable bonds is 14. The Hall–Kier alpha value is -8.46. The fourth-order valence-corrected chi connectivity index (χ4v) is 13.4. The molecule has 2 aromatic carbocycles. The number of piperidine rings is 2. The summed E-state index contributed by atoms with van der Waals surface area (Å²) in [7, 11) is 0. The first-order valence-corrected chi connectivity index (χ1v) is 31.7. The maximum Gasteiger partial charge on any atom is 0.344 e. The van der Waals surface area contributed by atoms with Gasteiger partial charge in [0, 0.05) is 78.5 Å². The average Bonchev–Trinajstić information content (AvgIpc) is 1.56. The predicted octanol–water partition coefficient (Wildman–Crippen LogP) is 8.70. The smallest absolute Gasteiger partial charge is 0.344 e. The molecule has 8 aromatic rings. The summed E-state index contributed by atoms with van der Waals surface area (Å²) >= 11 is 6.71. The van der Waals surface area contributed by atoms with Crippen LogP contribution in [-0.4, -0.2) is 151 Å². The molecule has 6 aliphatic rings. The number of hydrogen-bond donors (Lipinski definition) is 3. The van der Waals surface area contributed by atoms with Gasteiger partial charge in [0.15, 0.2) is 11.6 Å². The van der Waals surface area contributed by atoms with E-state index in [4.69, 9.17) is 14.2 Å². The van der Waals surface area contributed by atoms with E-state index < -0.39 is 17.8 Å². The Kier molecular flexibility index (Phi) is 17.0. The van der Waals surface area contributed by atoms with Crippen molar-refractivity contribution in [2.24, 2.45) is 16.7 Å². The number of ether oxygens (including phenoxy) is 3. The van der Waals surface area contributed by atoms with Crippen LogP contribution >= 0.6 is 31.9 Å². The van der Waals surface area contributed by atoms with Gasteiger partial charge in [0.2, 0.25) is 23.6 Å². The van der Waals surface area contributed by atoms with Crippen molar-refractivity contribution in [3.05, 3.63) is 127 Å². The third kappa shape index (κ3) is 12.7. The third-order valence-electron chi connectivity index (χ3n) is 18.0. The summed E-state index contributed by atoms with van der Waals surface area (Å²) in [4.78, 5) is 119. The lowest BCUT2D eigenvalue weighted by atomic mass is 10.0. The van der Waals surface area contributed by atoms with Crippen molar-refractivity contribution < 1.29 is 43.0 Å². The lowest BCUT2D eigenvalue weighted by Gasteiger charge is -2.27. The summed E-state index contributed by atoms with van der Waals surface area (Å²) in [6.45, 7) is 19.6. The molecule has 91 heavy (non-hydrogen) atoms. The highest BCUT2D eigenvalue weighted by Gasteiger charge is 2.65. The number of aryl methyl sites for hydroxylation is 4. The van der Waals surface area contributed by atoms with Crippen LogP contribution < -0.4 is 21.1 Å². The van der Waals surface area contributed by atoms with Crippen LogP contribution in [0.25, 0.3) is 44.1 Å². The van der Waals surface area contributed by atoms with Gasteiger partial charge in [-0.3, -0.25) is 38.1 Å². The van der Waals surface area contributed by atoms with E-state index in [-0.39, 0.29) is 94.7 Å². The molecule has 26 heteroatoms. The maximum atomic E-state index is 14.0. The van der Waals surface area contributed by atoms with Crippen LogP contribution in [0.4, 0.5) is 11.6 Å². The standard InChI is InChI=1S/C32H32BrN7O5.C29H28BrN7O4.C4H8O/c1-16-5-6-25(33)36-29(16)37-30(43)23-9-32(4)10-24(32)40(23)26(42)13-39-28-17(2)7-19(8-22(28)27(38-39)18(3)41)20-11-34-31(35-12-20)45-21-14-44-15-21;1-14-5-6-22(30)33-26(14)34-27(40)20-9-29(4)10-21(29)37(20)23(39)13-36-25-15(2)7-17(18-11-31-28(41)32-12-18)8-19(25)24(35-36)16(3)38;1-4-2-5-3-4/h5-8,11-12,21,23-24H,9-10,13-15H2,1-4H3,(H,36,37,43);5-8,11-12,20-21H,9-10,13H2,1-4H3,(H,31,32,41)(H,33,34,40);4H,2-3H2,1H3/t23-,24+,32-;20-,21+,29-;/m00./s1. The second-order valence-electron chi connectivity index (χ2n) is 25.4. The van der Waals surface area contributed by atoms with E-state index in [0.29, 0.717) is 74.3 Å². The Morgan fingerprint density at radius 2 is 1.05 bits per heavy atom. The number of amides is 4. The minimum atomic E-state index is -0.638. The molecule has 2 aliphatic carbocycles. The van der Waals surface area contributed by atoms with E-state index in [1.165, 1.54) is 20.0 Å². The Balaban J connectivity index is 0.000000164. The molecule has 10 heterocycles. The lowest BCUT2D eigenvalue weighted by molar-refractivity contribution is -0.138. The largest absolute Gasteiger partial charge is 0.455 e. The Labute approximate surface area is 539 Å². The first-order chi connectivity index (χ1) is 43.3. The number of likely N-dealkylation sites (tertiary alicyclic amines) is 2. The number of carbonyl (C=O) groups excluding carboxylic acids is 6. The number of aromatic nitrogens is 10. The number of carbonyl (C=O) groups is 6. The summed E-state index contributed by atoms with van der Waals surface area (Å²) in [5, 5.41) is 16.3. The minimum absolute atomic E-state index is 0.0251. The van der Waals surface area contributed by atoms with E-state index >= 15 is 0 Å². The van der Waals surface area contributed by atoms with Gasteiger partial charge in [-0.25, -0.2) is 29.7 Å². The van der Waals surface area contributed by atoms with E-state index in [2.05, 4.69) is 103 Å². The molecule has 0 spiro atoms. The van der Waals surface area contributed by atoms with Gasteiger partial charge in [0.1, 0.15) is 63.5 Å². The number of halogens is 2. The number of anilines is 2. The number of Topliss-reactive ketones (excluding diaryl/α,β-unsaturated/α-hetero) is 2. The SMILES string of the molecule is CC(=O)c1nn(CC(=O)N2[C@H](C(=O)Nc3nc(Br)ccc3C)C[C@@]3(C)C[C@@H]23)c2c(C)cc(-c3cnc(=O)[nH]c3)cc12.CC(=O)c1nn(CC(=O)N2[C@H](C(=O)Nc3nc(Br)ccc3C)C[C@@]3(C)C[C@@H]23)c2c(C)cc(-c3cnc(OC4COC4)nc3)cc12.CC1COC1. The summed E-state index contributed by atoms with van der Waals surface area (Å²) in [6, 6.07) is 13.9. The number of nitrogens with one attached hydrogen (secondary N) is 3.